The Morgan fingerprint density at radius 2 is 2.06 bits per heavy atom. The Morgan fingerprint density at radius 3 is 2.67 bits per heavy atom. The zero-order valence-corrected chi connectivity index (χ0v) is 11.6. The van der Waals surface area contributed by atoms with Crippen LogP contribution in [-0.2, 0) is 6.42 Å². The Labute approximate surface area is 108 Å². The van der Waals surface area contributed by atoms with Gasteiger partial charge >= 0.3 is 0 Å². The van der Waals surface area contributed by atoms with Crippen molar-refractivity contribution in [3.8, 4) is 0 Å². The van der Waals surface area contributed by atoms with Gasteiger partial charge < -0.3 is 9.88 Å². The second-order valence-corrected chi connectivity index (χ2v) is 5.43. The van der Waals surface area contributed by atoms with Gasteiger partial charge in [0.15, 0.2) is 0 Å². The van der Waals surface area contributed by atoms with Crippen LogP contribution in [0.3, 0.4) is 0 Å². The minimum absolute atomic E-state index is 0.0483. The number of aromatic nitrogens is 2. The van der Waals surface area contributed by atoms with Crippen LogP contribution in [0.4, 0.5) is 5.82 Å². The summed E-state index contributed by atoms with van der Waals surface area (Å²) < 4.78 is 0. The quantitative estimate of drug-likeness (QED) is 0.894. The molecule has 0 amide bonds. The van der Waals surface area contributed by atoms with Gasteiger partial charge in [-0.3, -0.25) is 4.79 Å². The van der Waals surface area contributed by atoms with E-state index in [2.05, 4.69) is 28.8 Å². The number of H-pyrrole nitrogens is 1. The van der Waals surface area contributed by atoms with E-state index in [9.17, 15) is 4.79 Å². The van der Waals surface area contributed by atoms with Gasteiger partial charge in [0.25, 0.3) is 5.56 Å². The molecule has 4 heteroatoms. The molecule has 0 unspecified atom stereocenters. The number of hydrogen-bond acceptors (Lipinski definition) is 3. The molecule has 0 bridgehead atoms. The summed E-state index contributed by atoms with van der Waals surface area (Å²) in [5.74, 6) is 2.43. The highest BCUT2D eigenvalue weighted by molar-refractivity contribution is 5.37. The fourth-order valence-corrected chi connectivity index (χ4v) is 2.66. The number of aryl methyl sites for hydroxylation is 1. The normalized spacial score (nSPS) is 23.9. The lowest BCUT2D eigenvalue weighted by Crippen LogP contribution is -2.36. The molecule has 1 heterocycles. The smallest absolute Gasteiger partial charge is 0.252 e. The lowest BCUT2D eigenvalue weighted by atomic mass is 9.87. The van der Waals surface area contributed by atoms with Crippen LogP contribution < -0.4 is 10.5 Å². The molecule has 0 radical (unpaired) electrons. The third-order valence-corrected chi connectivity index (χ3v) is 4.01. The maximum Gasteiger partial charge on any atom is 0.252 e. The van der Waals surface area contributed by atoms with Gasteiger partial charge in [-0.15, -0.1) is 0 Å². The predicted molar refractivity (Wildman–Crippen MR) is 74.1 cm³/mol. The Kier molecular flexibility index (Phi) is 4.04. The van der Waals surface area contributed by atoms with E-state index in [4.69, 9.17) is 0 Å². The molecule has 1 aromatic rings. The van der Waals surface area contributed by atoms with Gasteiger partial charge in [0.05, 0.1) is 0 Å². The topological polar surface area (TPSA) is 49.0 Å². The molecule has 2 rings (SSSR count). The minimum Gasteiger partial charge on any atom is -0.356 e. The van der Waals surface area contributed by atoms with Crippen LogP contribution in [0.1, 0.15) is 45.4 Å². The van der Waals surface area contributed by atoms with Crippen molar-refractivity contribution in [2.45, 2.75) is 52.0 Å². The maximum atomic E-state index is 11.6. The Morgan fingerprint density at radius 1 is 1.39 bits per heavy atom. The minimum atomic E-state index is -0.0483. The first-order chi connectivity index (χ1) is 8.60. The first kappa shape index (κ1) is 13.1. The summed E-state index contributed by atoms with van der Waals surface area (Å²) >= 11 is 0. The Bertz CT molecular complexity index is 447. The molecular weight excluding hydrogens is 226 g/mol. The van der Waals surface area contributed by atoms with Gasteiger partial charge in [0.1, 0.15) is 11.6 Å². The van der Waals surface area contributed by atoms with Gasteiger partial charge in [-0.2, -0.15) is 0 Å². The molecule has 0 saturated heterocycles. The fourth-order valence-electron chi connectivity index (χ4n) is 2.66. The summed E-state index contributed by atoms with van der Waals surface area (Å²) in [7, 11) is 2.06. The van der Waals surface area contributed by atoms with E-state index in [1.54, 1.807) is 6.07 Å². The molecule has 1 fully saturated rings. The van der Waals surface area contributed by atoms with Gasteiger partial charge in [-0.1, -0.05) is 13.8 Å². The van der Waals surface area contributed by atoms with Crippen molar-refractivity contribution in [3.63, 3.8) is 0 Å². The lowest BCUT2D eigenvalue weighted by molar-refractivity contribution is 0.340. The van der Waals surface area contributed by atoms with E-state index >= 15 is 0 Å². The second kappa shape index (κ2) is 5.55. The first-order valence-corrected chi connectivity index (χ1v) is 6.93. The SMILES string of the molecule is CCc1nc(N(C)C2CCC(C)CC2)cc(=O)[nH]1. The van der Waals surface area contributed by atoms with Crippen molar-refractivity contribution in [1.29, 1.82) is 0 Å². The summed E-state index contributed by atoms with van der Waals surface area (Å²) in [5, 5.41) is 0. The third kappa shape index (κ3) is 2.92. The predicted octanol–water partition coefficient (Wildman–Crippen LogP) is 2.35. The van der Waals surface area contributed by atoms with Crippen molar-refractivity contribution >= 4 is 5.82 Å². The van der Waals surface area contributed by atoms with Crippen molar-refractivity contribution in [3.05, 3.63) is 22.2 Å². The number of aromatic amines is 1. The van der Waals surface area contributed by atoms with Crippen molar-refractivity contribution in [2.75, 3.05) is 11.9 Å². The Hall–Kier alpha value is -1.32. The number of nitrogens with one attached hydrogen (secondary N) is 1. The van der Waals surface area contributed by atoms with Crippen molar-refractivity contribution in [2.24, 2.45) is 5.92 Å². The zero-order chi connectivity index (χ0) is 13.1. The van der Waals surface area contributed by atoms with Crippen LogP contribution >= 0.6 is 0 Å². The van der Waals surface area contributed by atoms with Gasteiger partial charge in [0, 0.05) is 25.6 Å². The molecule has 1 aromatic heterocycles. The molecule has 1 aliphatic carbocycles. The first-order valence-electron chi connectivity index (χ1n) is 6.93. The molecule has 100 valence electrons. The van der Waals surface area contributed by atoms with Crippen LogP contribution in [0.15, 0.2) is 10.9 Å². The highest BCUT2D eigenvalue weighted by atomic mass is 16.1. The van der Waals surface area contributed by atoms with Gasteiger partial charge in [0.2, 0.25) is 0 Å². The van der Waals surface area contributed by atoms with Gasteiger partial charge in [-0.25, -0.2) is 4.98 Å². The summed E-state index contributed by atoms with van der Waals surface area (Å²) in [4.78, 5) is 21.1. The van der Waals surface area contributed by atoms with Gasteiger partial charge in [-0.05, 0) is 31.6 Å². The maximum absolute atomic E-state index is 11.6. The molecule has 0 atom stereocenters. The Balaban J connectivity index is 2.15. The fraction of sp³-hybridized carbons (Fsp3) is 0.714. The van der Waals surface area contributed by atoms with Crippen molar-refractivity contribution < 1.29 is 0 Å². The van der Waals surface area contributed by atoms with Crippen LogP contribution in [0, 0.1) is 5.92 Å². The molecule has 1 N–H and O–H groups in total. The summed E-state index contributed by atoms with van der Waals surface area (Å²) in [6, 6.07) is 2.14. The van der Waals surface area contributed by atoms with Crippen LogP contribution in [0.25, 0.3) is 0 Å². The molecule has 0 aliphatic heterocycles. The monoisotopic (exact) mass is 249 g/mol. The lowest BCUT2D eigenvalue weighted by Gasteiger charge is -2.34. The average molecular weight is 249 g/mol. The number of anilines is 1. The summed E-state index contributed by atoms with van der Waals surface area (Å²) in [6.45, 7) is 4.32. The number of rotatable bonds is 3. The second-order valence-electron chi connectivity index (χ2n) is 5.43. The van der Waals surface area contributed by atoms with E-state index < -0.39 is 0 Å². The van der Waals surface area contributed by atoms with Crippen molar-refractivity contribution in [1.82, 2.24) is 9.97 Å². The molecule has 0 aromatic carbocycles. The molecule has 1 saturated carbocycles. The standard InChI is InChI=1S/C14H23N3O/c1-4-12-15-13(9-14(18)16-12)17(3)11-7-5-10(2)6-8-11/h9-11H,4-8H2,1-3H3,(H,15,16,18). The highest BCUT2D eigenvalue weighted by Gasteiger charge is 2.22. The van der Waals surface area contributed by atoms with Crippen LogP contribution in [0.5, 0.6) is 0 Å². The molecule has 0 spiro atoms. The highest BCUT2D eigenvalue weighted by Crippen LogP contribution is 2.28. The van der Waals surface area contributed by atoms with E-state index in [-0.39, 0.29) is 5.56 Å². The number of nitrogens with zero attached hydrogens (tertiary/aromatic N) is 2. The molecule has 4 nitrogen and oxygen atoms in total. The third-order valence-electron chi connectivity index (χ3n) is 4.01. The van der Waals surface area contributed by atoms with E-state index in [1.165, 1.54) is 25.7 Å². The van der Waals surface area contributed by atoms with Crippen LogP contribution in [-0.4, -0.2) is 23.1 Å². The molecule has 18 heavy (non-hydrogen) atoms. The molecular formula is C14H23N3O. The molecule has 1 aliphatic rings. The van der Waals surface area contributed by atoms with Crippen LogP contribution in [0.2, 0.25) is 0 Å². The van der Waals surface area contributed by atoms with E-state index in [0.717, 1.165) is 24.0 Å². The van der Waals surface area contributed by atoms with E-state index in [1.807, 2.05) is 6.92 Å². The zero-order valence-electron chi connectivity index (χ0n) is 11.6. The summed E-state index contributed by atoms with van der Waals surface area (Å²) in [6.07, 6.45) is 5.72. The van der Waals surface area contributed by atoms with E-state index in [0.29, 0.717) is 6.04 Å². The number of hydrogen-bond donors (Lipinski definition) is 1. The summed E-state index contributed by atoms with van der Waals surface area (Å²) in [5.41, 5.74) is -0.0483. The average Bonchev–Trinajstić information content (AvgIpc) is 2.38. The largest absolute Gasteiger partial charge is 0.356 e.